The van der Waals surface area contributed by atoms with Gasteiger partial charge in [-0.05, 0) is 18.1 Å². The number of benzene rings is 1. The van der Waals surface area contributed by atoms with Crippen LogP contribution in [0.2, 0.25) is 0 Å². The van der Waals surface area contributed by atoms with E-state index in [9.17, 15) is 18.0 Å². The summed E-state index contributed by atoms with van der Waals surface area (Å²) < 4.78 is 39.4. The molecule has 0 aliphatic carbocycles. The van der Waals surface area contributed by atoms with Crippen molar-refractivity contribution < 1.29 is 13.2 Å². The third-order valence-corrected chi connectivity index (χ3v) is 4.74. The number of nitrogens with zero attached hydrogens (tertiary/aromatic N) is 2. The van der Waals surface area contributed by atoms with Crippen molar-refractivity contribution in [2.24, 2.45) is 0 Å². The topological polar surface area (TPSA) is 34.9 Å². The minimum Gasteiger partial charge on any atom is -0.309 e. The average Bonchev–Trinajstić information content (AvgIpc) is 3.04. The first kappa shape index (κ1) is 17.4. The highest BCUT2D eigenvalue weighted by molar-refractivity contribution is 7.13. The van der Waals surface area contributed by atoms with E-state index in [-0.39, 0.29) is 6.54 Å². The number of rotatable bonds is 4. The molecule has 3 aromatic rings. The van der Waals surface area contributed by atoms with E-state index in [1.165, 1.54) is 16.9 Å². The molecule has 0 saturated carbocycles. The summed E-state index contributed by atoms with van der Waals surface area (Å²) >= 11 is 1.40. The zero-order valence-corrected chi connectivity index (χ0v) is 14.2. The van der Waals surface area contributed by atoms with Crippen LogP contribution in [0.3, 0.4) is 0 Å². The van der Waals surface area contributed by atoms with Crippen molar-refractivity contribution in [2.45, 2.75) is 26.1 Å². The molecule has 3 rings (SSSR count). The molecule has 0 aliphatic rings. The van der Waals surface area contributed by atoms with Gasteiger partial charge in [-0.3, -0.25) is 4.79 Å². The zero-order valence-electron chi connectivity index (χ0n) is 13.4. The van der Waals surface area contributed by atoms with Crippen LogP contribution < -0.4 is 5.56 Å². The average molecular weight is 364 g/mol. The maximum Gasteiger partial charge on any atom is 0.417 e. The summed E-state index contributed by atoms with van der Waals surface area (Å²) in [5.41, 5.74) is 1.38. The van der Waals surface area contributed by atoms with Gasteiger partial charge in [-0.2, -0.15) is 13.2 Å². The Kier molecular flexibility index (Phi) is 4.76. The molecule has 2 heterocycles. The van der Waals surface area contributed by atoms with Gasteiger partial charge in [0.2, 0.25) is 0 Å². The highest BCUT2D eigenvalue weighted by atomic mass is 32.1. The Morgan fingerprint density at radius 1 is 1.12 bits per heavy atom. The molecular weight excluding hydrogens is 349 g/mol. The van der Waals surface area contributed by atoms with E-state index in [4.69, 9.17) is 0 Å². The summed E-state index contributed by atoms with van der Waals surface area (Å²) in [5, 5.41) is 2.54. The number of thiazole rings is 1. The number of alkyl halides is 3. The first-order chi connectivity index (χ1) is 11.9. The summed E-state index contributed by atoms with van der Waals surface area (Å²) in [6.07, 6.45) is -2.71. The highest BCUT2D eigenvalue weighted by Gasteiger charge is 2.31. The lowest BCUT2D eigenvalue weighted by molar-refractivity contribution is -0.138. The van der Waals surface area contributed by atoms with Crippen LogP contribution in [0.5, 0.6) is 0 Å². The molecular formula is C18H15F3N2OS. The summed E-state index contributed by atoms with van der Waals surface area (Å²) in [7, 11) is 0. The molecule has 3 nitrogen and oxygen atoms in total. The Hall–Kier alpha value is -2.41. The highest BCUT2D eigenvalue weighted by Crippen LogP contribution is 2.28. The minimum absolute atomic E-state index is 0.00625. The number of halogens is 3. The van der Waals surface area contributed by atoms with E-state index in [0.717, 1.165) is 39.9 Å². The SMILES string of the molecule is CCc1ccc(-c2nc(Cn3cc(C(F)(F)F)ccc3=O)cs2)cc1. The molecule has 2 aromatic heterocycles. The Morgan fingerprint density at radius 2 is 1.84 bits per heavy atom. The molecule has 0 radical (unpaired) electrons. The van der Waals surface area contributed by atoms with Gasteiger partial charge in [0.25, 0.3) is 5.56 Å². The first-order valence-electron chi connectivity index (χ1n) is 7.68. The molecule has 0 amide bonds. The van der Waals surface area contributed by atoms with Crippen molar-refractivity contribution in [1.82, 2.24) is 9.55 Å². The van der Waals surface area contributed by atoms with Crippen molar-refractivity contribution >= 4 is 11.3 Å². The van der Waals surface area contributed by atoms with Crippen LogP contribution in [-0.2, 0) is 19.1 Å². The van der Waals surface area contributed by atoms with E-state index in [1.807, 2.05) is 24.3 Å². The molecule has 0 bridgehead atoms. The van der Waals surface area contributed by atoms with Gasteiger partial charge in [0.05, 0.1) is 17.8 Å². The summed E-state index contributed by atoms with van der Waals surface area (Å²) in [6, 6.07) is 9.71. The molecule has 25 heavy (non-hydrogen) atoms. The van der Waals surface area contributed by atoms with Gasteiger partial charge in [-0.25, -0.2) is 4.98 Å². The van der Waals surface area contributed by atoms with E-state index in [0.29, 0.717) is 5.69 Å². The van der Waals surface area contributed by atoms with Gasteiger partial charge in [0, 0.05) is 23.2 Å². The molecule has 130 valence electrons. The summed E-state index contributed by atoms with van der Waals surface area (Å²) in [6.45, 7) is 2.08. The van der Waals surface area contributed by atoms with Gasteiger partial charge in [-0.1, -0.05) is 31.2 Å². The molecule has 0 fully saturated rings. The van der Waals surface area contributed by atoms with Gasteiger partial charge >= 0.3 is 6.18 Å². The summed E-state index contributed by atoms with van der Waals surface area (Å²) in [4.78, 5) is 16.3. The van der Waals surface area contributed by atoms with Crippen LogP contribution in [-0.4, -0.2) is 9.55 Å². The lowest BCUT2D eigenvalue weighted by Crippen LogP contribution is -2.22. The quantitative estimate of drug-likeness (QED) is 0.678. The molecule has 0 atom stereocenters. The van der Waals surface area contributed by atoms with Gasteiger partial charge in [0.15, 0.2) is 0 Å². The van der Waals surface area contributed by atoms with Crippen LogP contribution in [0.25, 0.3) is 10.6 Å². The van der Waals surface area contributed by atoms with E-state index >= 15 is 0 Å². The van der Waals surface area contributed by atoms with Crippen molar-refractivity contribution in [2.75, 3.05) is 0 Å². The number of aryl methyl sites for hydroxylation is 1. The van der Waals surface area contributed by atoms with E-state index < -0.39 is 17.3 Å². The van der Waals surface area contributed by atoms with Crippen LogP contribution >= 0.6 is 11.3 Å². The Balaban J connectivity index is 1.85. The van der Waals surface area contributed by atoms with Crippen LogP contribution in [0, 0.1) is 0 Å². The lowest BCUT2D eigenvalue weighted by Gasteiger charge is -2.09. The number of pyridine rings is 1. The number of hydrogen-bond donors (Lipinski definition) is 0. The standard InChI is InChI=1S/C18H15F3N2OS/c1-2-12-3-5-13(6-4-12)17-22-15(11-25-17)10-23-9-14(18(19,20)21)7-8-16(23)24/h3-9,11H,2,10H2,1H3. The minimum atomic E-state index is -4.48. The largest absolute Gasteiger partial charge is 0.417 e. The molecule has 0 aliphatic heterocycles. The Bertz CT molecular complexity index is 926. The predicted molar refractivity (Wildman–Crippen MR) is 91.7 cm³/mol. The van der Waals surface area contributed by atoms with Crippen molar-refractivity contribution in [3.8, 4) is 10.6 Å². The van der Waals surface area contributed by atoms with Crippen molar-refractivity contribution in [3.63, 3.8) is 0 Å². The zero-order chi connectivity index (χ0) is 18.0. The number of hydrogen-bond acceptors (Lipinski definition) is 3. The third kappa shape index (κ3) is 3.99. The van der Waals surface area contributed by atoms with E-state index in [2.05, 4.69) is 11.9 Å². The van der Waals surface area contributed by atoms with Crippen molar-refractivity contribution in [3.05, 3.63) is 75.1 Å². The normalized spacial score (nSPS) is 11.7. The van der Waals surface area contributed by atoms with Crippen LogP contribution in [0.4, 0.5) is 13.2 Å². The first-order valence-corrected chi connectivity index (χ1v) is 8.56. The Labute approximate surface area is 146 Å². The fourth-order valence-electron chi connectivity index (χ4n) is 2.39. The second-order valence-electron chi connectivity index (χ2n) is 5.58. The molecule has 7 heteroatoms. The fraction of sp³-hybridized carbons (Fsp3) is 0.222. The van der Waals surface area contributed by atoms with Gasteiger partial charge < -0.3 is 4.57 Å². The molecule has 1 aromatic carbocycles. The van der Waals surface area contributed by atoms with E-state index in [1.54, 1.807) is 5.38 Å². The smallest absolute Gasteiger partial charge is 0.309 e. The predicted octanol–water partition coefficient (Wildman–Crippen LogP) is 4.60. The maximum atomic E-state index is 12.8. The van der Waals surface area contributed by atoms with Crippen molar-refractivity contribution in [1.29, 1.82) is 0 Å². The van der Waals surface area contributed by atoms with Gasteiger partial charge in [0.1, 0.15) is 5.01 Å². The summed E-state index contributed by atoms with van der Waals surface area (Å²) in [5.74, 6) is 0. The second kappa shape index (κ2) is 6.84. The van der Waals surface area contributed by atoms with Crippen LogP contribution in [0.1, 0.15) is 23.7 Å². The van der Waals surface area contributed by atoms with Gasteiger partial charge in [-0.15, -0.1) is 11.3 Å². The molecule has 0 saturated heterocycles. The molecule has 0 N–H and O–H groups in total. The molecule has 0 spiro atoms. The number of aromatic nitrogens is 2. The lowest BCUT2D eigenvalue weighted by atomic mass is 10.1. The fourth-order valence-corrected chi connectivity index (χ4v) is 3.21. The second-order valence-corrected chi connectivity index (χ2v) is 6.43. The third-order valence-electron chi connectivity index (χ3n) is 3.80. The Morgan fingerprint density at radius 3 is 2.48 bits per heavy atom. The van der Waals surface area contributed by atoms with Crippen LogP contribution in [0.15, 0.2) is 52.8 Å². The maximum absolute atomic E-state index is 12.8. The molecule has 0 unspecified atom stereocenters. The monoisotopic (exact) mass is 364 g/mol.